The number of carbonyl (C=O) groups is 1. The second-order valence-electron chi connectivity index (χ2n) is 8.53. The molecule has 1 amide bonds. The van der Waals surface area contributed by atoms with Gasteiger partial charge in [-0.1, -0.05) is 64.5 Å². The molecular weight excluding hydrogens is 502 g/mol. The lowest BCUT2D eigenvalue weighted by Gasteiger charge is -2.17. The van der Waals surface area contributed by atoms with Gasteiger partial charge in [-0.3, -0.25) is 4.79 Å². The van der Waals surface area contributed by atoms with Gasteiger partial charge in [0.05, 0.1) is 23.7 Å². The lowest BCUT2D eigenvalue weighted by Crippen LogP contribution is -2.28. The second-order valence-corrected chi connectivity index (χ2v) is 9.44. The van der Waals surface area contributed by atoms with E-state index in [9.17, 15) is 4.79 Å². The Bertz CT molecular complexity index is 1490. The van der Waals surface area contributed by atoms with Crippen molar-refractivity contribution in [2.24, 2.45) is 0 Å². The number of halogens is 1. The first-order valence-corrected chi connectivity index (χ1v) is 12.5. The van der Waals surface area contributed by atoms with Crippen LogP contribution in [0.2, 0.25) is 0 Å². The molecule has 1 aromatic heterocycles. The third-order valence-corrected chi connectivity index (χ3v) is 6.51. The highest BCUT2D eigenvalue weighted by Crippen LogP contribution is 2.23. The summed E-state index contributed by atoms with van der Waals surface area (Å²) >= 11 is 3.43. The molecule has 0 saturated carbocycles. The van der Waals surface area contributed by atoms with E-state index in [4.69, 9.17) is 9.72 Å². The Morgan fingerprint density at radius 2 is 1.77 bits per heavy atom. The van der Waals surface area contributed by atoms with Gasteiger partial charge in [-0.05, 0) is 66.6 Å². The Morgan fingerprint density at radius 3 is 2.63 bits per heavy atom. The summed E-state index contributed by atoms with van der Waals surface area (Å²) in [6, 6.07) is 29.6. The van der Waals surface area contributed by atoms with Gasteiger partial charge >= 0.3 is 0 Å². The number of hydrogen-bond acceptors (Lipinski definition) is 3. The van der Waals surface area contributed by atoms with Crippen molar-refractivity contribution in [3.63, 3.8) is 0 Å². The normalized spacial score (nSPS) is 12.1. The van der Waals surface area contributed by atoms with Crippen LogP contribution in [0.25, 0.3) is 21.8 Å². The number of para-hydroxylation sites is 2. The molecular formula is C29H26BrN3O2. The van der Waals surface area contributed by atoms with Gasteiger partial charge in [-0.2, -0.15) is 0 Å². The molecule has 0 saturated heterocycles. The predicted octanol–water partition coefficient (Wildman–Crippen LogP) is 6.91. The maximum Gasteiger partial charge on any atom is 0.251 e. The van der Waals surface area contributed by atoms with Gasteiger partial charge in [0.15, 0.2) is 0 Å². The maximum absolute atomic E-state index is 12.8. The van der Waals surface area contributed by atoms with Crippen molar-refractivity contribution in [3.8, 4) is 5.75 Å². The van der Waals surface area contributed by atoms with Crippen molar-refractivity contribution in [1.29, 1.82) is 0 Å². The fourth-order valence-electron chi connectivity index (χ4n) is 4.30. The number of imidazole rings is 1. The number of rotatable bonds is 8. The van der Waals surface area contributed by atoms with E-state index in [2.05, 4.69) is 56.1 Å². The number of amides is 1. The van der Waals surface area contributed by atoms with E-state index in [0.717, 1.165) is 40.0 Å². The van der Waals surface area contributed by atoms with Crippen LogP contribution in [0.3, 0.4) is 0 Å². The van der Waals surface area contributed by atoms with Crippen molar-refractivity contribution in [1.82, 2.24) is 14.9 Å². The average Bonchev–Trinajstić information content (AvgIpc) is 3.25. The van der Waals surface area contributed by atoms with Crippen LogP contribution in [0.15, 0.2) is 95.5 Å². The smallest absolute Gasteiger partial charge is 0.251 e. The van der Waals surface area contributed by atoms with Crippen LogP contribution in [0.4, 0.5) is 0 Å². The number of aromatic nitrogens is 2. The Labute approximate surface area is 212 Å². The zero-order valence-electron chi connectivity index (χ0n) is 19.4. The molecule has 1 N–H and O–H groups in total. The molecule has 0 aliphatic rings. The van der Waals surface area contributed by atoms with Gasteiger partial charge < -0.3 is 14.6 Å². The van der Waals surface area contributed by atoms with E-state index in [1.807, 2.05) is 61.5 Å². The Morgan fingerprint density at radius 1 is 0.971 bits per heavy atom. The highest BCUT2D eigenvalue weighted by Gasteiger charge is 2.19. The summed E-state index contributed by atoms with van der Waals surface area (Å²) in [5, 5.41) is 5.47. The minimum absolute atomic E-state index is 0.128. The van der Waals surface area contributed by atoms with Crippen molar-refractivity contribution < 1.29 is 9.53 Å². The van der Waals surface area contributed by atoms with Crippen molar-refractivity contribution in [2.45, 2.75) is 25.9 Å². The van der Waals surface area contributed by atoms with Gasteiger partial charge in [0.25, 0.3) is 5.91 Å². The first kappa shape index (κ1) is 23.1. The quantitative estimate of drug-likeness (QED) is 0.223. The highest BCUT2D eigenvalue weighted by atomic mass is 79.9. The number of ether oxygens (including phenoxy) is 1. The Hall–Kier alpha value is -3.64. The number of carbonyl (C=O) groups excluding carboxylic acids is 1. The van der Waals surface area contributed by atoms with Gasteiger partial charge in [0, 0.05) is 16.6 Å². The SMILES string of the molecule is CC(NC(=O)c1cccc(Br)c1)c1nc2ccccc2n1CCCOc1ccc2ccccc2c1. The van der Waals surface area contributed by atoms with Crippen LogP contribution < -0.4 is 10.1 Å². The molecule has 1 heterocycles. The average molecular weight is 528 g/mol. The number of hydrogen-bond donors (Lipinski definition) is 1. The van der Waals surface area contributed by atoms with Gasteiger partial charge in [-0.15, -0.1) is 0 Å². The molecule has 0 bridgehead atoms. The first-order valence-electron chi connectivity index (χ1n) is 11.7. The van der Waals surface area contributed by atoms with Gasteiger partial charge in [0.2, 0.25) is 0 Å². The largest absolute Gasteiger partial charge is 0.494 e. The summed E-state index contributed by atoms with van der Waals surface area (Å²) in [5.41, 5.74) is 2.58. The number of nitrogens with zero attached hydrogens (tertiary/aromatic N) is 2. The fraction of sp³-hybridized carbons (Fsp3) is 0.172. The zero-order valence-corrected chi connectivity index (χ0v) is 21.0. The molecule has 0 aliphatic carbocycles. The monoisotopic (exact) mass is 527 g/mol. The lowest BCUT2D eigenvalue weighted by molar-refractivity contribution is 0.0937. The highest BCUT2D eigenvalue weighted by molar-refractivity contribution is 9.10. The van der Waals surface area contributed by atoms with Crippen molar-refractivity contribution >= 4 is 43.6 Å². The van der Waals surface area contributed by atoms with Crippen LogP contribution in [-0.4, -0.2) is 22.1 Å². The number of fused-ring (bicyclic) bond motifs is 2. The molecule has 0 spiro atoms. The molecule has 4 aromatic carbocycles. The van der Waals surface area contributed by atoms with E-state index >= 15 is 0 Å². The minimum atomic E-state index is -0.254. The van der Waals surface area contributed by atoms with Crippen LogP contribution in [-0.2, 0) is 6.54 Å². The molecule has 0 fully saturated rings. The summed E-state index contributed by atoms with van der Waals surface area (Å²) in [6.07, 6.45) is 0.812. The van der Waals surface area contributed by atoms with Gasteiger partial charge in [-0.25, -0.2) is 4.98 Å². The van der Waals surface area contributed by atoms with E-state index in [1.165, 1.54) is 10.8 Å². The molecule has 35 heavy (non-hydrogen) atoms. The summed E-state index contributed by atoms with van der Waals surface area (Å²) in [5.74, 6) is 1.58. The molecule has 5 nitrogen and oxygen atoms in total. The molecule has 1 unspecified atom stereocenters. The van der Waals surface area contributed by atoms with Crippen molar-refractivity contribution in [2.75, 3.05) is 6.61 Å². The Kier molecular flexibility index (Phi) is 6.82. The second kappa shape index (κ2) is 10.3. The Balaban J connectivity index is 1.29. The van der Waals surface area contributed by atoms with Gasteiger partial charge in [0.1, 0.15) is 11.6 Å². The summed E-state index contributed by atoms with van der Waals surface area (Å²) in [6.45, 7) is 3.29. The van der Waals surface area contributed by atoms with Crippen LogP contribution >= 0.6 is 15.9 Å². The van der Waals surface area contributed by atoms with Crippen LogP contribution in [0.5, 0.6) is 5.75 Å². The van der Waals surface area contributed by atoms with E-state index in [1.54, 1.807) is 6.07 Å². The van der Waals surface area contributed by atoms with Crippen molar-refractivity contribution in [3.05, 3.63) is 107 Å². The predicted molar refractivity (Wildman–Crippen MR) is 144 cm³/mol. The zero-order chi connectivity index (χ0) is 24.2. The number of benzene rings is 4. The number of nitrogens with one attached hydrogen (secondary N) is 1. The maximum atomic E-state index is 12.8. The standard InChI is InChI=1S/C29H26BrN3O2/c1-20(31-29(34)23-10-6-11-24(30)18-23)28-32-26-12-4-5-13-27(26)33(28)16-7-17-35-25-15-14-21-8-2-3-9-22(21)19-25/h2-6,8-15,18-20H,7,16-17H2,1H3,(H,31,34). The minimum Gasteiger partial charge on any atom is -0.494 e. The molecule has 176 valence electrons. The molecule has 5 rings (SSSR count). The summed E-state index contributed by atoms with van der Waals surface area (Å²) in [4.78, 5) is 17.7. The summed E-state index contributed by atoms with van der Waals surface area (Å²) < 4.78 is 9.11. The third-order valence-electron chi connectivity index (χ3n) is 6.02. The molecule has 5 aromatic rings. The molecule has 0 radical (unpaired) electrons. The third kappa shape index (κ3) is 5.23. The summed E-state index contributed by atoms with van der Waals surface area (Å²) in [7, 11) is 0. The molecule has 1 atom stereocenters. The molecule has 0 aliphatic heterocycles. The van der Waals surface area contributed by atoms with Crippen LogP contribution in [0.1, 0.15) is 35.6 Å². The number of aryl methyl sites for hydroxylation is 1. The molecule has 6 heteroatoms. The first-order chi connectivity index (χ1) is 17.1. The lowest BCUT2D eigenvalue weighted by atomic mass is 10.1. The van der Waals surface area contributed by atoms with E-state index in [0.29, 0.717) is 12.2 Å². The topological polar surface area (TPSA) is 56.2 Å². The van der Waals surface area contributed by atoms with E-state index < -0.39 is 0 Å². The fourth-order valence-corrected chi connectivity index (χ4v) is 4.70. The van der Waals surface area contributed by atoms with E-state index in [-0.39, 0.29) is 11.9 Å². The van der Waals surface area contributed by atoms with Crippen LogP contribution in [0, 0.1) is 0 Å².